The predicted molar refractivity (Wildman–Crippen MR) is 106 cm³/mol. The minimum atomic E-state index is -3.52. The van der Waals surface area contributed by atoms with E-state index in [1.807, 2.05) is 30.3 Å². The van der Waals surface area contributed by atoms with Gasteiger partial charge in [-0.1, -0.05) is 48.5 Å². The maximum atomic E-state index is 12.7. The quantitative estimate of drug-likeness (QED) is 0.777. The van der Waals surface area contributed by atoms with Crippen LogP contribution in [0.2, 0.25) is 0 Å². The average molecular weight is 390 g/mol. The zero-order valence-corrected chi connectivity index (χ0v) is 16.8. The Balaban J connectivity index is 2.11. The Morgan fingerprint density at radius 2 is 1.56 bits per heavy atom. The molecule has 0 radical (unpaired) electrons. The summed E-state index contributed by atoms with van der Waals surface area (Å²) in [5.41, 5.74) is 0.442. The Bertz CT molecular complexity index is 827. The van der Waals surface area contributed by atoms with Crippen molar-refractivity contribution in [3.63, 3.8) is 0 Å². The molecule has 1 amide bonds. The lowest BCUT2D eigenvalue weighted by atomic mass is 10.1. The van der Waals surface area contributed by atoms with Crippen molar-refractivity contribution in [3.8, 4) is 0 Å². The van der Waals surface area contributed by atoms with Crippen LogP contribution < -0.4 is 5.32 Å². The second-order valence-electron chi connectivity index (χ2n) is 7.46. The predicted octanol–water partition coefficient (Wildman–Crippen LogP) is 3.99. The topological polar surface area (TPSA) is 72.5 Å². The fourth-order valence-corrected chi connectivity index (χ4v) is 4.19. The lowest BCUT2D eigenvalue weighted by molar-refractivity contribution is 0.0507. The number of amides is 1. The number of alkyl carbamates (subject to hydrolysis) is 1. The highest BCUT2D eigenvalue weighted by molar-refractivity contribution is 7.91. The number of hydrogen-bond acceptors (Lipinski definition) is 4. The highest BCUT2D eigenvalue weighted by Crippen LogP contribution is 2.15. The van der Waals surface area contributed by atoms with E-state index >= 15 is 0 Å². The molecule has 1 unspecified atom stereocenters. The first-order valence-electron chi connectivity index (χ1n) is 8.97. The van der Waals surface area contributed by atoms with E-state index in [4.69, 9.17) is 4.74 Å². The van der Waals surface area contributed by atoms with Gasteiger partial charge in [0.05, 0.1) is 10.6 Å². The molecule has 1 N–H and O–H groups in total. The Hall–Kier alpha value is -2.34. The van der Waals surface area contributed by atoms with E-state index in [0.29, 0.717) is 12.8 Å². The van der Waals surface area contributed by atoms with Crippen molar-refractivity contribution < 1.29 is 17.9 Å². The summed E-state index contributed by atoms with van der Waals surface area (Å²) in [5, 5.41) is 2.73. The molecule has 2 aromatic rings. The first-order chi connectivity index (χ1) is 12.7. The number of sulfone groups is 1. The molecule has 0 spiro atoms. The van der Waals surface area contributed by atoms with E-state index in [9.17, 15) is 13.2 Å². The number of nitrogens with one attached hydrogen (secondary N) is 1. The van der Waals surface area contributed by atoms with E-state index in [1.54, 1.807) is 51.1 Å². The van der Waals surface area contributed by atoms with E-state index < -0.39 is 27.6 Å². The molecular formula is C21H27NO4S. The van der Waals surface area contributed by atoms with Gasteiger partial charge in [0.15, 0.2) is 9.84 Å². The number of aryl methyl sites for hydroxylation is 1. The van der Waals surface area contributed by atoms with Crippen LogP contribution in [-0.2, 0) is 21.0 Å². The van der Waals surface area contributed by atoms with Gasteiger partial charge in [-0.25, -0.2) is 13.2 Å². The van der Waals surface area contributed by atoms with Gasteiger partial charge in [0.25, 0.3) is 0 Å². The number of carbonyl (C=O) groups excluding carboxylic acids is 1. The van der Waals surface area contributed by atoms with Gasteiger partial charge in [-0.3, -0.25) is 0 Å². The molecule has 0 fully saturated rings. The van der Waals surface area contributed by atoms with Crippen molar-refractivity contribution in [3.05, 3.63) is 66.2 Å². The van der Waals surface area contributed by atoms with Crippen LogP contribution in [0.4, 0.5) is 4.79 Å². The molecule has 2 aromatic carbocycles. The van der Waals surface area contributed by atoms with Gasteiger partial charge in [0, 0.05) is 6.04 Å². The van der Waals surface area contributed by atoms with Gasteiger partial charge in [-0.15, -0.1) is 0 Å². The summed E-state index contributed by atoms with van der Waals surface area (Å²) in [5.74, 6) is -0.177. The maximum absolute atomic E-state index is 12.7. The van der Waals surface area contributed by atoms with E-state index in [2.05, 4.69) is 5.32 Å². The number of carbonyl (C=O) groups is 1. The fourth-order valence-electron chi connectivity index (χ4n) is 2.65. The SMILES string of the molecule is CC(C)(C)OC(=O)NC(CCc1ccccc1)CS(=O)(=O)c1ccccc1. The molecule has 0 saturated carbocycles. The summed E-state index contributed by atoms with van der Waals surface area (Å²) in [6, 6.07) is 17.5. The maximum Gasteiger partial charge on any atom is 0.407 e. The number of hydrogen-bond donors (Lipinski definition) is 1. The minimum Gasteiger partial charge on any atom is -0.444 e. The Morgan fingerprint density at radius 3 is 2.11 bits per heavy atom. The van der Waals surface area contributed by atoms with Gasteiger partial charge in [-0.05, 0) is 51.3 Å². The molecule has 0 bridgehead atoms. The van der Waals surface area contributed by atoms with Crippen LogP contribution in [-0.4, -0.2) is 31.9 Å². The molecular weight excluding hydrogens is 362 g/mol. The van der Waals surface area contributed by atoms with Crippen LogP contribution in [0.3, 0.4) is 0 Å². The molecule has 1 atom stereocenters. The van der Waals surface area contributed by atoms with Crippen molar-refractivity contribution in [2.24, 2.45) is 0 Å². The summed E-state index contributed by atoms with van der Waals surface area (Å²) in [4.78, 5) is 12.4. The molecule has 0 aliphatic heterocycles. The third kappa shape index (κ3) is 7.43. The minimum absolute atomic E-state index is 0.177. The summed E-state index contributed by atoms with van der Waals surface area (Å²) in [6.07, 6.45) is 0.546. The van der Waals surface area contributed by atoms with Crippen molar-refractivity contribution in [2.45, 2.75) is 50.2 Å². The third-order valence-electron chi connectivity index (χ3n) is 3.87. The molecule has 0 saturated heterocycles. The molecule has 0 aliphatic carbocycles. The smallest absolute Gasteiger partial charge is 0.407 e. The summed E-state index contributed by atoms with van der Waals surface area (Å²) in [7, 11) is -3.52. The first-order valence-corrected chi connectivity index (χ1v) is 10.6. The van der Waals surface area contributed by atoms with Gasteiger partial charge in [0.1, 0.15) is 5.60 Å². The highest BCUT2D eigenvalue weighted by atomic mass is 32.2. The Labute approximate surface area is 161 Å². The van der Waals surface area contributed by atoms with Gasteiger partial charge >= 0.3 is 6.09 Å². The van der Waals surface area contributed by atoms with Crippen molar-refractivity contribution in [1.29, 1.82) is 0 Å². The van der Waals surface area contributed by atoms with Crippen LogP contribution in [0.1, 0.15) is 32.8 Å². The lowest BCUT2D eigenvalue weighted by Crippen LogP contribution is -2.42. The lowest BCUT2D eigenvalue weighted by Gasteiger charge is -2.23. The number of ether oxygens (including phenoxy) is 1. The van der Waals surface area contributed by atoms with Crippen LogP contribution in [0.15, 0.2) is 65.6 Å². The number of benzene rings is 2. The molecule has 5 nitrogen and oxygen atoms in total. The van der Waals surface area contributed by atoms with Crippen LogP contribution in [0, 0.1) is 0 Å². The molecule has 0 aromatic heterocycles. The first kappa shape index (κ1) is 21.0. The number of rotatable bonds is 7. The van der Waals surface area contributed by atoms with Crippen molar-refractivity contribution in [2.75, 3.05) is 5.75 Å². The Morgan fingerprint density at radius 1 is 1.00 bits per heavy atom. The highest BCUT2D eigenvalue weighted by Gasteiger charge is 2.25. The molecule has 146 valence electrons. The monoisotopic (exact) mass is 389 g/mol. The molecule has 0 heterocycles. The van der Waals surface area contributed by atoms with Crippen LogP contribution in [0.5, 0.6) is 0 Å². The third-order valence-corrected chi connectivity index (χ3v) is 5.70. The normalized spacial score (nSPS) is 13.0. The largest absolute Gasteiger partial charge is 0.444 e. The van der Waals surface area contributed by atoms with Gasteiger partial charge in [-0.2, -0.15) is 0 Å². The summed E-state index contributed by atoms with van der Waals surface area (Å²) >= 11 is 0. The molecule has 2 rings (SSSR count). The average Bonchev–Trinajstić information content (AvgIpc) is 2.59. The van der Waals surface area contributed by atoms with E-state index in [0.717, 1.165) is 5.56 Å². The fraction of sp³-hybridized carbons (Fsp3) is 0.381. The zero-order chi connectivity index (χ0) is 19.9. The van der Waals surface area contributed by atoms with Crippen molar-refractivity contribution >= 4 is 15.9 Å². The molecule has 0 aliphatic rings. The van der Waals surface area contributed by atoms with E-state index in [-0.39, 0.29) is 10.6 Å². The van der Waals surface area contributed by atoms with Crippen LogP contribution in [0.25, 0.3) is 0 Å². The Kier molecular flexibility index (Phi) is 7.02. The second kappa shape index (κ2) is 9.04. The van der Waals surface area contributed by atoms with Gasteiger partial charge < -0.3 is 10.1 Å². The van der Waals surface area contributed by atoms with Gasteiger partial charge in [0.2, 0.25) is 0 Å². The van der Waals surface area contributed by atoms with Crippen molar-refractivity contribution in [1.82, 2.24) is 5.32 Å². The van der Waals surface area contributed by atoms with Crippen LogP contribution >= 0.6 is 0 Å². The summed E-state index contributed by atoms with van der Waals surface area (Å²) < 4.78 is 30.8. The molecule has 6 heteroatoms. The second-order valence-corrected chi connectivity index (χ2v) is 9.50. The molecule has 27 heavy (non-hydrogen) atoms. The van der Waals surface area contributed by atoms with E-state index in [1.165, 1.54) is 0 Å². The zero-order valence-electron chi connectivity index (χ0n) is 16.0. The standard InChI is InChI=1S/C21H27NO4S/c1-21(2,3)26-20(23)22-18(15-14-17-10-6-4-7-11-17)16-27(24,25)19-12-8-5-9-13-19/h4-13,18H,14-16H2,1-3H3,(H,22,23). The summed E-state index contributed by atoms with van der Waals surface area (Å²) in [6.45, 7) is 5.31.